The lowest BCUT2D eigenvalue weighted by molar-refractivity contribution is 0.171. The molecule has 102 valence electrons. The van der Waals surface area contributed by atoms with Crippen LogP contribution in [0.1, 0.15) is 12.0 Å². The third kappa shape index (κ3) is 3.43. The summed E-state index contributed by atoms with van der Waals surface area (Å²) in [5.74, 6) is 0.701. The van der Waals surface area contributed by atoms with Gasteiger partial charge >= 0.3 is 0 Å². The second-order valence-corrected chi connectivity index (χ2v) is 4.36. The highest BCUT2D eigenvalue weighted by molar-refractivity contribution is 5.89. The maximum atomic E-state index is 5.74. The Morgan fingerprint density at radius 1 is 1.16 bits per heavy atom. The average Bonchev–Trinajstić information content (AvgIpc) is 2.46. The van der Waals surface area contributed by atoms with Gasteiger partial charge in [-0.05, 0) is 24.1 Å². The first-order chi connectivity index (χ1) is 9.36. The Labute approximate surface area is 113 Å². The van der Waals surface area contributed by atoms with Gasteiger partial charge in [0.25, 0.3) is 0 Å². The summed E-state index contributed by atoms with van der Waals surface area (Å²) >= 11 is 0. The van der Waals surface area contributed by atoms with E-state index in [1.165, 1.54) is 10.9 Å². The van der Waals surface area contributed by atoms with Crippen molar-refractivity contribution in [1.82, 2.24) is 10.3 Å². The van der Waals surface area contributed by atoms with Gasteiger partial charge < -0.3 is 14.8 Å². The summed E-state index contributed by atoms with van der Waals surface area (Å²) in [6.07, 6.45) is 2.75. The number of nitrogens with one attached hydrogen (secondary N) is 1. The molecule has 4 heteroatoms. The summed E-state index contributed by atoms with van der Waals surface area (Å²) in [7, 11) is 3.63. The molecule has 0 unspecified atom stereocenters. The normalized spacial score (nSPS) is 10.8. The number of nitrogens with zero attached hydrogens (tertiary/aromatic N) is 1. The number of rotatable bonds is 7. The summed E-state index contributed by atoms with van der Waals surface area (Å²) < 4.78 is 10.8. The molecule has 0 radical (unpaired) electrons. The molecule has 0 atom stereocenters. The van der Waals surface area contributed by atoms with Crippen LogP contribution in [0.5, 0.6) is 5.88 Å². The zero-order chi connectivity index (χ0) is 13.5. The van der Waals surface area contributed by atoms with Gasteiger partial charge in [-0.25, -0.2) is 4.98 Å². The topological polar surface area (TPSA) is 43.4 Å². The summed E-state index contributed by atoms with van der Waals surface area (Å²) in [6.45, 7) is 2.13. The largest absolute Gasteiger partial charge is 0.477 e. The van der Waals surface area contributed by atoms with Crippen LogP contribution in [0.3, 0.4) is 0 Å². The minimum atomic E-state index is 0.621. The van der Waals surface area contributed by atoms with Gasteiger partial charge in [-0.15, -0.1) is 0 Å². The summed E-state index contributed by atoms with van der Waals surface area (Å²) in [5, 5.41) is 5.41. The average molecular weight is 260 g/mol. The van der Waals surface area contributed by atoms with E-state index in [2.05, 4.69) is 16.4 Å². The van der Waals surface area contributed by atoms with Crippen LogP contribution in [0, 0.1) is 0 Å². The monoisotopic (exact) mass is 260 g/mol. The van der Waals surface area contributed by atoms with E-state index in [4.69, 9.17) is 9.47 Å². The molecule has 0 saturated heterocycles. The van der Waals surface area contributed by atoms with Crippen LogP contribution in [0.4, 0.5) is 0 Å². The molecule has 1 aromatic carbocycles. The Bertz CT molecular complexity index is 529. The minimum absolute atomic E-state index is 0.621. The number of ether oxygens (including phenoxy) is 2. The lowest BCUT2D eigenvalue weighted by atomic mass is 10.1. The molecule has 1 N–H and O–H groups in total. The van der Waals surface area contributed by atoms with Crippen molar-refractivity contribution in [3.05, 3.63) is 36.0 Å². The molecule has 0 spiro atoms. The molecule has 0 aliphatic heterocycles. The summed E-state index contributed by atoms with van der Waals surface area (Å²) in [6, 6.07) is 8.20. The molecular formula is C15H20N2O2. The van der Waals surface area contributed by atoms with Crippen LogP contribution >= 0.6 is 0 Å². The Morgan fingerprint density at radius 2 is 1.95 bits per heavy atom. The van der Waals surface area contributed by atoms with Crippen molar-refractivity contribution in [1.29, 1.82) is 0 Å². The maximum Gasteiger partial charge on any atom is 0.221 e. The quantitative estimate of drug-likeness (QED) is 0.776. The van der Waals surface area contributed by atoms with Gasteiger partial charge in [-0.1, -0.05) is 18.2 Å². The van der Waals surface area contributed by atoms with E-state index < -0.39 is 0 Å². The van der Waals surface area contributed by atoms with Crippen LogP contribution in [0.25, 0.3) is 10.8 Å². The van der Waals surface area contributed by atoms with Crippen LogP contribution in [0.15, 0.2) is 30.5 Å². The van der Waals surface area contributed by atoms with Crippen molar-refractivity contribution in [3.63, 3.8) is 0 Å². The Hall–Kier alpha value is -1.65. The van der Waals surface area contributed by atoms with Crippen LogP contribution in [0.2, 0.25) is 0 Å². The van der Waals surface area contributed by atoms with Gasteiger partial charge in [0, 0.05) is 38.3 Å². The lowest BCUT2D eigenvalue weighted by Crippen LogP contribution is -2.07. The smallest absolute Gasteiger partial charge is 0.221 e. The van der Waals surface area contributed by atoms with E-state index >= 15 is 0 Å². The number of fused-ring (bicyclic) bond motifs is 1. The van der Waals surface area contributed by atoms with E-state index in [1.807, 2.05) is 31.4 Å². The standard InChI is InChI=1S/C15H20N2O2/c1-16-10-12-11-17-15(19-9-5-8-18-2)14-7-4-3-6-13(12)14/h3-4,6-7,11,16H,5,8-10H2,1-2H3. The van der Waals surface area contributed by atoms with Crippen molar-refractivity contribution in [2.45, 2.75) is 13.0 Å². The molecule has 1 heterocycles. The fourth-order valence-corrected chi connectivity index (χ4v) is 2.04. The second-order valence-electron chi connectivity index (χ2n) is 4.36. The highest BCUT2D eigenvalue weighted by atomic mass is 16.5. The van der Waals surface area contributed by atoms with Gasteiger partial charge in [0.05, 0.1) is 6.61 Å². The fourth-order valence-electron chi connectivity index (χ4n) is 2.04. The molecule has 2 rings (SSSR count). The number of methoxy groups -OCH3 is 1. The first-order valence-corrected chi connectivity index (χ1v) is 6.49. The van der Waals surface area contributed by atoms with Crippen molar-refractivity contribution in [2.75, 3.05) is 27.4 Å². The molecule has 1 aromatic heterocycles. The van der Waals surface area contributed by atoms with E-state index in [-0.39, 0.29) is 0 Å². The van der Waals surface area contributed by atoms with E-state index in [0.29, 0.717) is 19.1 Å². The predicted molar refractivity (Wildman–Crippen MR) is 76.5 cm³/mol. The molecule has 0 aliphatic carbocycles. The van der Waals surface area contributed by atoms with Gasteiger partial charge in [-0.2, -0.15) is 0 Å². The number of hydrogen-bond acceptors (Lipinski definition) is 4. The summed E-state index contributed by atoms with van der Waals surface area (Å²) in [5.41, 5.74) is 1.18. The lowest BCUT2D eigenvalue weighted by Gasteiger charge is -2.11. The third-order valence-corrected chi connectivity index (χ3v) is 2.94. The Balaban J connectivity index is 2.22. The van der Waals surface area contributed by atoms with Crippen molar-refractivity contribution in [3.8, 4) is 5.88 Å². The van der Waals surface area contributed by atoms with Crippen LogP contribution < -0.4 is 10.1 Å². The van der Waals surface area contributed by atoms with E-state index in [0.717, 1.165) is 18.4 Å². The third-order valence-electron chi connectivity index (χ3n) is 2.94. The molecule has 0 amide bonds. The molecule has 19 heavy (non-hydrogen) atoms. The fraction of sp³-hybridized carbons (Fsp3) is 0.400. The number of benzene rings is 1. The van der Waals surface area contributed by atoms with Crippen LogP contribution in [-0.2, 0) is 11.3 Å². The molecule has 4 nitrogen and oxygen atoms in total. The molecule has 0 saturated carbocycles. The van der Waals surface area contributed by atoms with E-state index in [1.54, 1.807) is 7.11 Å². The second kappa shape index (κ2) is 7.07. The van der Waals surface area contributed by atoms with Gasteiger partial charge in [-0.3, -0.25) is 0 Å². The zero-order valence-corrected chi connectivity index (χ0v) is 11.5. The highest BCUT2D eigenvalue weighted by Crippen LogP contribution is 2.26. The van der Waals surface area contributed by atoms with Gasteiger partial charge in [0.2, 0.25) is 5.88 Å². The molecule has 2 aromatic rings. The maximum absolute atomic E-state index is 5.74. The van der Waals surface area contributed by atoms with Gasteiger partial charge in [0.1, 0.15) is 0 Å². The first kappa shape index (κ1) is 13.8. The SMILES string of the molecule is CNCc1cnc(OCCCOC)c2ccccc12. The highest BCUT2D eigenvalue weighted by Gasteiger charge is 2.07. The Morgan fingerprint density at radius 3 is 2.68 bits per heavy atom. The van der Waals surface area contributed by atoms with Crippen molar-refractivity contribution >= 4 is 10.8 Å². The first-order valence-electron chi connectivity index (χ1n) is 6.49. The number of hydrogen-bond donors (Lipinski definition) is 1. The molecule has 0 fully saturated rings. The summed E-state index contributed by atoms with van der Waals surface area (Å²) in [4.78, 5) is 4.42. The predicted octanol–water partition coefficient (Wildman–Crippen LogP) is 2.37. The van der Waals surface area contributed by atoms with Crippen molar-refractivity contribution < 1.29 is 9.47 Å². The number of aromatic nitrogens is 1. The number of pyridine rings is 1. The molecule has 0 bridgehead atoms. The van der Waals surface area contributed by atoms with E-state index in [9.17, 15) is 0 Å². The zero-order valence-electron chi connectivity index (χ0n) is 11.5. The molecular weight excluding hydrogens is 240 g/mol. The Kier molecular flexibility index (Phi) is 5.12. The molecule has 0 aliphatic rings. The minimum Gasteiger partial charge on any atom is -0.477 e. The van der Waals surface area contributed by atoms with Crippen LogP contribution in [-0.4, -0.2) is 32.4 Å². The van der Waals surface area contributed by atoms with Crippen molar-refractivity contribution in [2.24, 2.45) is 0 Å². The van der Waals surface area contributed by atoms with Gasteiger partial charge in [0.15, 0.2) is 0 Å².